The standard InChI is InChI=1S/C16H25N3O2.2ClH/c1-12-3-5-13(6-4-12)10-19(2)11-16(21)18-14-7-8-17-9-15(14)20;;/h3-6,14-15,17,20H,7-11H2,1-2H3,(H,18,21);2*1H/t14-,15-;;/m1../s1. The molecule has 1 heterocycles. The van der Waals surface area contributed by atoms with E-state index in [2.05, 4.69) is 41.8 Å². The zero-order valence-corrected chi connectivity index (χ0v) is 15.3. The smallest absolute Gasteiger partial charge is 0.234 e. The molecule has 0 aliphatic carbocycles. The monoisotopic (exact) mass is 363 g/mol. The summed E-state index contributed by atoms with van der Waals surface area (Å²) < 4.78 is 0. The molecule has 1 aliphatic heterocycles. The van der Waals surface area contributed by atoms with Crippen molar-refractivity contribution in [2.75, 3.05) is 26.7 Å². The van der Waals surface area contributed by atoms with Gasteiger partial charge in [-0.2, -0.15) is 0 Å². The SMILES string of the molecule is Cc1ccc(CN(C)CC(=O)N[C@@H]2CCNC[C@H]2O)cc1.Cl.Cl. The fourth-order valence-electron chi connectivity index (χ4n) is 2.57. The highest BCUT2D eigenvalue weighted by Gasteiger charge is 2.24. The zero-order chi connectivity index (χ0) is 15.2. The predicted molar refractivity (Wildman–Crippen MR) is 97.4 cm³/mol. The molecular weight excluding hydrogens is 337 g/mol. The Balaban J connectivity index is 0.00000242. The summed E-state index contributed by atoms with van der Waals surface area (Å²) in [5.74, 6) is -0.0319. The van der Waals surface area contributed by atoms with Crippen LogP contribution in [0, 0.1) is 6.92 Å². The molecule has 7 heteroatoms. The molecule has 132 valence electrons. The maximum absolute atomic E-state index is 12.0. The average molecular weight is 364 g/mol. The first-order valence-corrected chi connectivity index (χ1v) is 7.47. The van der Waals surface area contributed by atoms with Crippen LogP contribution in [0.3, 0.4) is 0 Å². The highest BCUT2D eigenvalue weighted by Crippen LogP contribution is 2.06. The number of benzene rings is 1. The van der Waals surface area contributed by atoms with Gasteiger partial charge in [0.1, 0.15) is 0 Å². The normalized spacial score (nSPS) is 20.3. The molecule has 1 fully saturated rings. The number of aryl methyl sites for hydroxylation is 1. The van der Waals surface area contributed by atoms with Gasteiger partial charge >= 0.3 is 0 Å². The maximum atomic E-state index is 12.0. The molecule has 5 nitrogen and oxygen atoms in total. The second kappa shape index (κ2) is 10.8. The molecule has 3 N–H and O–H groups in total. The van der Waals surface area contributed by atoms with Gasteiger partial charge in [-0.25, -0.2) is 0 Å². The fourth-order valence-corrected chi connectivity index (χ4v) is 2.57. The summed E-state index contributed by atoms with van der Waals surface area (Å²) in [4.78, 5) is 14.0. The Hall–Kier alpha value is -0.850. The molecule has 1 amide bonds. The number of carbonyl (C=O) groups excluding carboxylic acids is 1. The van der Waals surface area contributed by atoms with Crippen molar-refractivity contribution in [3.05, 3.63) is 35.4 Å². The molecule has 1 saturated heterocycles. The van der Waals surface area contributed by atoms with Crippen molar-refractivity contribution >= 4 is 30.7 Å². The lowest BCUT2D eigenvalue weighted by atomic mass is 10.0. The van der Waals surface area contributed by atoms with E-state index in [1.54, 1.807) is 0 Å². The summed E-state index contributed by atoms with van der Waals surface area (Å²) in [5.41, 5.74) is 2.43. The highest BCUT2D eigenvalue weighted by molar-refractivity contribution is 5.85. The third-order valence-corrected chi connectivity index (χ3v) is 3.78. The van der Waals surface area contributed by atoms with Gasteiger partial charge in [0.25, 0.3) is 0 Å². The first-order chi connectivity index (χ1) is 10.0. The molecule has 0 radical (unpaired) electrons. The minimum Gasteiger partial charge on any atom is -0.390 e. The molecule has 2 rings (SSSR count). The van der Waals surface area contributed by atoms with Crippen LogP contribution in [0.1, 0.15) is 17.5 Å². The summed E-state index contributed by atoms with van der Waals surface area (Å²) in [6.07, 6.45) is 0.277. The first kappa shape index (κ1) is 22.1. The number of halogens is 2. The Labute approximate surface area is 150 Å². The summed E-state index contributed by atoms with van der Waals surface area (Å²) in [6, 6.07) is 8.19. The van der Waals surface area contributed by atoms with Crippen molar-refractivity contribution in [1.82, 2.24) is 15.5 Å². The van der Waals surface area contributed by atoms with Crippen LogP contribution < -0.4 is 10.6 Å². The summed E-state index contributed by atoms with van der Waals surface area (Å²) >= 11 is 0. The molecule has 1 aromatic rings. The van der Waals surface area contributed by atoms with Gasteiger partial charge in [-0.15, -0.1) is 24.8 Å². The zero-order valence-electron chi connectivity index (χ0n) is 13.6. The van der Waals surface area contributed by atoms with Crippen LogP contribution in [-0.2, 0) is 11.3 Å². The van der Waals surface area contributed by atoms with Crippen molar-refractivity contribution in [2.24, 2.45) is 0 Å². The Bertz CT molecular complexity index is 471. The largest absolute Gasteiger partial charge is 0.390 e. The molecule has 0 unspecified atom stereocenters. The molecule has 0 spiro atoms. The van der Waals surface area contributed by atoms with E-state index < -0.39 is 6.10 Å². The predicted octanol–water partition coefficient (Wildman–Crippen LogP) is 1.11. The fraction of sp³-hybridized carbons (Fsp3) is 0.562. The Morgan fingerprint density at radius 2 is 2.00 bits per heavy atom. The summed E-state index contributed by atoms with van der Waals surface area (Å²) in [5, 5.41) is 15.9. The second-order valence-corrected chi connectivity index (χ2v) is 5.89. The van der Waals surface area contributed by atoms with Gasteiger partial charge in [0.05, 0.1) is 18.7 Å². The lowest BCUT2D eigenvalue weighted by Crippen LogP contribution is -2.54. The van der Waals surface area contributed by atoms with E-state index in [9.17, 15) is 9.90 Å². The van der Waals surface area contributed by atoms with Gasteiger partial charge in [-0.3, -0.25) is 9.69 Å². The Morgan fingerprint density at radius 1 is 1.35 bits per heavy atom. The number of carbonyl (C=O) groups is 1. The first-order valence-electron chi connectivity index (χ1n) is 7.47. The van der Waals surface area contributed by atoms with Gasteiger partial charge in [0.2, 0.25) is 5.91 Å². The molecule has 0 saturated carbocycles. The maximum Gasteiger partial charge on any atom is 0.234 e. The summed E-state index contributed by atoms with van der Waals surface area (Å²) in [6.45, 7) is 4.52. The van der Waals surface area contributed by atoms with Gasteiger partial charge in [-0.1, -0.05) is 29.8 Å². The molecule has 0 bridgehead atoms. The van der Waals surface area contributed by atoms with E-state index in [-0.39, 0.29) is 36.8 Å². The highest BCUT2D eigenvalue weighted by atomic mass is 35.5. The van der Waals surface area contributed by atoms with Gasteiger partial charge in [0, 0.05) is 13.1 Å². The minimum atomic E-state index is -0.495. The number of β-amino-alcohol motifs (C(OH)–C–C–N with tert-alkyl or cyclic N) is 1. The lowest BCUT2D eigenvalue weighted by Gasteiger charge is -2.29. The quantitative estimate of drug-likeness (QED) is 0.733. The number of aliphatic hydroxyl groups is 1. The molecule has 2 atom stereocenters. The molecular formula is C16H27Cl2N3O2. The molecule has 1 aliphatic rings. The number of aliphatic hydroxyl groups excluding tert-OH is 1. The van der Waals surface area contributed by atoms with Crippen molar-refractivity contribution in [3.8, 4) is 0 Å². The van der Waals surface area contributed by atoms with E-state index >= 15 is 0 Å². The van der Waals surface area contributed by atoms with Crippen molar-refractivity contribution < 1.29 is 9.90 Å². The molecule has 1 aromatic carbocycles. The van der Waals surface area contributed by atoms with Crippen LogP contribution >= 0.6 is 24.8 Å². The number of amides is 1. The van der Waals surface area contributed by atoms with Crippen molar-refractivity contribution in [3.63, 3.8) is 0 Å². The van der Waals surface area contributed by atoms with E-state index in [0.29, 0.717) is 13.1 Å². The minimum absolute atomic E-state index is 0. The Kier molecular flexibility index (Phi) is 10.4. The number of hydrogen-bond acceptors (Lipinski definition) is 4. The van der Waals surface area contributed by atoms with Crippen LogP contribution in [0.25, 0.3) is 0 Å². The van der Waals surface area contributed by atoms with Crippen LogP contribution in [0.15, 0.2) is 24.3 Å². The number of nitrogens with one attached hydrogen (secondary N) is 2. The van der Waals surface area contributed by atoms with Crippen LogP contribution in [0.2, 0.25) is 0 Å². The van der Waals surface area contributed by atoms with Gasteiger partial charge in [0.15, 0.2) is 0 Å². The summed E-state index contributed by atoms with van der Waals surface area (Å²) in [7, 11) is 1.93. The Morgan fingerprint density at radius 3 is 2.61 bits per heavy atom. The van der Waals surface area contributed by atoms with Crippen LogP contribution in [0.5, 0.6) is 0 Å². The molecule has 0 aromatic heterocycles. The number of likely N-dealkylation sites (N-methyl/N-ethyl adjacent to an activating group) is 1. The molecule has 23 heavy (non-hydrogen) atoms. The topological polar surface area (TPSA) is 64.6 Å². The van der Waals surface area contributed by atoms with Crippen LogP contribution in [-0.4, -0.2) is 54.7 Å². The number of hydrogen-bond donors (Lipinski definition) is 3. The average Bonchev–Trinajstić information content (AvgIpc) is 2.44. The third kappa shape index (κ3) is 7.50. The van der Waals surface area contributed by atoms with Gasteiger partial charge in [-0.05, 0) is 32.5 Å². The lowest BCUT2D eigenvalue weighted by molar-refractivity contribution is -0.123. The van der Waals surface area contributed by atoms with Crippen LogP contribution in [0.4, 0.5) is 0 Å². The van der Waals surface area contributed by atoms with Crippen molar-refractivity contribution in [1.29, 1.82) is 0 Å². The van der Waals surface area contributed by atoms with E-state index in [0.717, 1.165) is 19.5 Å². The number of piperidine rings is 1. The van der Waals surface area contributed by atoms with E-state index in [4.69, 9.17) is 0 Å². The van der Waals surface area contributed by atoms with E-state index in [1.807, 2.05) is 11.9 Å². The van der Waals surface area contributed by atoms with E-state index in [1.165, 1.54) is 11.1 Å². The van der Waals surface area contributed by atoms with Crippen molar-refractivity contribution in [2.45, 2.75) is 32.0 Å². The number of nitrogens with zero attached hydrogens (tertiary/aromatic N) is 1. The third-order valence-electron chi connectivity index (χ3n) is 3.78. The second-order valence-electron chi connectivity index (χ2n) is 5.89. The van der Waals surface area contributed by atoms with Gasteiger partial charge < -0.3 is 15.7 Å². The number of rotatable bonds is 5.